The summed E-state index contributed by atoms with van der Waals surface area (Å²) in [6.07, 6.45) is 7.37. The SMILES string of the molecule is CN(CCCNC(=O)c1ccc2c(c1)N(Cc1ccccc1)C(=O)c1ccccc1[S@@]2=O)C1CCCCC1. The zero-order valence-electron chi connectivity index (χ0n) is 21.9. The lowest BCUT2D eigenvalue weighted by atomic mass is 9.94. The maximum Gasteiger partial charge on any atom is 0.259 e. The normalized spacial score (nSPS) is 17.6. The topological polar surface area (TPSA) is 69.7 Å². The lowest BCUT2D eigenvalue weighted by Gasteiger charge is -2.31. The number of carbonyl (C=O) groups is 2. The predicted molar refractivity (Wildman–Crippen MR) is 151 cm³/mol. The van der Waals surface area contributed by atoms with E-state index in [1.165, 1.54) is 32.1 Å². The summed E-state index contributed by atoms with van der Waals surface area (Å²) in [5.74, 6) is -0.410. The van der Waals surface area contributed by atoms with Crippen LogP contribution >= 0.6 is 0 Å². The van der Waals surface area contributed by atoms with E-state index in [2.05, 4.69) is 17.3 Å². The third-order valence-electron chi connectivity index (χ3n) is 7.63. The van der Waals surface area contributed by atoms with Gasteiger partial charge in [0.25, 0.3) is 11.8 Å². The van der Waals surface area contributed by atoms with Gasteiger partial charge >= 0.3 is 0 Å². The molecule has 0 spiro atoms. The Morgan fingerprint density at radius 3 is 2.50 bits per heavy atom. The molecule has 1 fully saturated rings. The van der Waals surface area contributed by atoms with Crippen LogP contribution in [0.1, 0.15) is 64.8 Å². The summed E-state index contributed by atoms with van der Waals surface area (Å²) < 4.78 is 13.6. The zero-order valence-corrected chi connectivity index (χ0v) is 22.7. The third-order valence-corrected chi connectivity index (χ3v) is 9.13. The quantitative estimate of drug-likeness (QED) is 0.397. The molecular formula is C31H35N3O3S. The van der Waals surface area contributed by atoms with Crippen molar-refractivity contribution >= 4 is 28.3 Å². The van der Waals surface area contributed by atoms with Crippen molar-refractivity contribution < 1.29 is 13.8 Å². The van der Waals surface area contributed by atoms with Gasteiger partial charge in [-0.1, -0.05) is 61.7 Å². The number of benzene rings is 3. The molecule has 0 saturated heterocycles. The summed E-state index contributed by atoms with van der Waals surface area (Å²) in [6, 6.07) is 22.6. The van der Waals surface area contributed by atoms with Crippen molar-refractivity contribution in [3.05, 3.63) is 89.5 Å². The number of fused-ring (bicyclic) bond motifs is 2. The van der Waals surface area contributed by atoms with Crippen LogP contribution in [0, 0.1) is 0 Å². The number of nitrogens with one attached hydrogen (secondary N) is 1. The van der Waals surface area contributed by atoms with Gasteiger partial charge in [0, 0.05) is 18.2 Å². The summed E-state index contributed by atoms with van der Waals surface area (Å²) in [5.41, 5.74) is 2.34. The Bertz CT molecular complexity index is 1320. The van der Waals surface area contributed by atoms with Crippen LogP contribution in [0.3, 0.4) is 0 Å². The molecule has 1 heterocycles. The smallest absolute Gasteiger partial charge is 0.259 e. The maximum atomic E-state index is 13.7. The molecule has 1 saturated carbocycles. The Hall–Kier alpha value is -3.29. The Morgan fingerprint density at radius 2 is 1.71 bits per heavy atom. The average Bonchev–Trinajstić information content (AvgIpc) is 3.05. The highest BCUT2D eigenvalue weighted by atomic mass is 32.2. The molecule has 2 amide bonds. The van der Waals surface area contributed by atoms with E-state index in [1.54, 1.807) is 47.4 Å². The number of amides is 2. The van der Waals surface area contributed by atoms with E-state index in [-0.39, 0.29) is 11.8 Å². The lowest BCUT2D eigenvalue weighted by Crippen LogP contribution is -2.36. The molecule has 1 aliphatic heterocycles. The third kappa shape index (κ3) is 5.74. The molecule has 2 aliphatic rings. The van der Waals surface area contributed by atoms with Gasteiger partial charge in [-0.15, -0.1) is 0 Å². The molecule has 3 aromatic carbocycles. The van der Waals surface area contributed by atoms with Crippen LogP contribution < -0.4 is 10.2 Å². The minimum atomic E-state index is -1.54. The summed E-state index contributed by atoms with van der Waals surface area (Å²) in [5, 5.41) is 3.04. The van der Waals surface area contributed by atoms with Gasteiger partial charge < -0.3 is 15.1 Å². The first kappa shape index (κ1) is 26.3. The van der Waals surface area contributed by atoms with Gasteiger partial charge in [-0.3, -0.25) is 9.59 Å². The maximum absolute atomic E-state index is 13.7. The van der Waals surface area contributed by atoms with E-state index in [9.17, 15) is 13.8 Å². The number of hydrogen-bond donors (Lipinski definition) is 1. The lowest BCUT2D eigenvalue weighted by molar-refractivity contribution is 0.0947. The summed E-state index contributed by atoms with van der Waals surface area (Å²) >= 11 is 0. The van der Waals surface area contributed by atoms with Crippen molar-refractivity contribution in [2.75, 3.05) is 25.0 Å². The molecule has 0 unspecified atom stereocenters. The van der Waals surface area contributed by atoms with Crippen LogP contribution in [0.25, 0.3) is 0 Å². The highest BCUT2D eigenvalue weighted by Crippen LogP contribution is 2.36. The van der Waals surface area contributed by atoms with Crippen molar-refractivity contribution in [1.29, 1.82) is 0 Å². The van der Waals surface area contributed by atoms with Gasteiger partial charge in [-0.2, -0.15) is 0 Å². The number of nitrogens with zero attached hydrogens (tertiary/aromatic N) is 2. The molecule has 198 valence electrons. The largest absolute Gasteiger partial charge is 0.352 e. The van der Waals surface area contributed by atoms with Gasteiger partial charge in [0.05, 0.1) is 38.4 Å². The highest BCUT2D eigenvalue weighted by molar-refractivity contribution is 7.85. The Morgan fingerprint density at radius 1 is 0.974 bits per heavy atom. The van der Waals surface area contributed by atoms with E-state index in [0.717, 1.165) is 18.5 Å². The van der Waals surface area contributed by atoms with Crippen LogP contribution in [0.5, 0.6) is 0 Å². The molecule has 6 nitrogen and oxygen atoms in total. The van der Waals surface area contributed by atoms with Gasteiger partial charge in [-0.25, -0.2) is 4.21 Å². The van der Waals surface area contributed by atoms with Crippen LogP contribution in [0.2, 0.25) is 0 Å². The Balaban J connectivity index is 1.35. The molecule has 0 bridgehead atoms. The second-order valence-electron chi connectivity index (χ2n) is 10.2. The minimum absolute atomic E-state index is 0.187. The van der Waals surface area contributed by atoms with Crippen molar-refractivity contribution in [3.63, 3.8) is 0 Å². The van der Waals surface area contributed by atoms with Gasteiger partial charge in [-0.05, 0) is 68.8 Å². The van der Waals surface area contributed by atoms with Crippen molar-refractivity contribution in [2.24, 2.45) is 0 Å². The minimum Gasteiger partial charge on any atom is -0.352 e. The van der Waals surface area contributed by atoms with Gasteiger partial charge in [0.15, 0.2) is 0 Å². The van der Waals surface area contributed by atoms with Crippen molar-refractivity contribution in [1.82, 2.24) is 10.2 Å². The molecule has 38 heavy (non-hydrogen) atoms. The first-order chi connectivity index (χ1) is 18.5. The number of anilines is 1. The first-order valence-corrected chi connectivity index (χ1v) is 14.7. The van der Waals surface area contributed by atoms with Crippen LogP contribution in [-0.4, -0.2) is 47.1 Å². The van der Waals surface area contributed by atoms with E-state index in [1.807, 2.05) is 30.3 Å². The summed E-state index contributed by atoms with van der Waals surface area (Å²) in [6.45, 7) is 1.85. The van der Waals surface area contributed by atoms with Gasteiger partial charge in [0.2, 0.25) is 0 Å². The number of carbonyl (C=O) groups excluding carboxylic acids is 2. The summed E-state index contributed by atoms with van der Waals surface area (Å²) in [4.78, 5) is 31.9. The van der Waals surface area contributed by atoms with E-state index in [4.69, 9.17) is 0 Å². The number of hydrogen-bond acceptors (Lipinski definition) is 4. The second kappa shape index (κ2) is 12.0. The van der Waals surface area contributed by atoms with Crippen molar-refractivity contribution in [2.45, 2.75) is 60.9 Å². The fourth-order valence-electron chi connectivity index (χ4n) is 5.46. The standard InChI is InChI=1S/C31H35N3O3S/c1-33(25-13-6-3-7-14-25)20-10-19-32-30(35)24-17-18-29-27(21-24)34(22-23-11-4-2-5-12-23)31(36)26-15-8-9-16-28(26)38(29)37/h2,4-5,8-9,11-12,15-18,21,25H,3,6-7,10,13-14,19-20,22H2,1H3,(H,32,35)/t38-/m0/s1. The fourth-order valence-corrected chi connectivity index (χ4v) is 6.81. The Kier molecular flexibility index (Phi) is 8.35. The molecule has 1 aliphatic carbocycles. The molecule has 5 rings (SSSR count). The monoisotopic (exact) mass is 529 g/mol. The highest BCUT2D eigenvalue weighted by Gasteiger charge is 2.31. The molecule has 0 radical (unpaired) electrons. The molecule has 3 aromatic rings. The van der Waals surface area contributed by atoms with E-state index in [0.29, 0.717) is 45.7 Å². The molecule has 7 heteroatoms. The first-order valence-electron chi connectivity index (χ1n) is 13.5. The van der Waals surface area contributed by atoms with E-state index >= 15 is 0 Å². The molecular weight excluding hydrogens is 494 g/mol. The molecule has 0 aromatic heterocycles. The molecule has 1 N–H and O–H groups in total. The second-order valence-corrected chi connectivity index (χ2v) is 11.6. The van der Waals surface area contributed by atoms with E-state index < -0.39 is 10.8 Å². The number of rotatable bonds is 8. The van der Waals surface area contributed by atoms with Crippen molar-refractivity contribution in [3.8, 4) is 0 Å². The fraction of sp³-hybridized carbons (Fsp3) is 0.355. The molecule has 1 atom stereocenters. The van der Waals surface area contributed by atoms with Gasteiger partial charge in [0.1, 0.15) is 0 Å². The van der Waals surface area contributed by atoms with Crippen LogP contribution in [0.15, 0.2) is 82.6 Å². The van der Waals surface area contributed by atoms with Crippen LogP contribution in [-0.2, 0) is 17.3 Å². The van der Waals surface area contributed by atoms with Crippen LogP contribution in [0.4, 0.5) is 5.69 Å². The summed E-state index contributed by atoms with van der Waals surface area (Å²) in [7, 11) is 0.638. The predicted octanol–water partition coefficient (Wildman–Crippen LogP) is 5.40. The average molecular weight is 530 g/mol. The Labute approximate surface area is 227 Å². The zero-order chi connectivity index (χ0) is 26.5.